The molecule has 0 spiro atoms. The second-order valence-electron chi connectivity index (χ2n) is 4.18. The van der Waals surface area contributed by atoms with Crippen LogP contribution in [0.1, 0.15) is 37.6 Å². The van der Waals surface area contributed by atoms with Gasteiger partial charge in [0.05, 0.1) is 10.6 Å². The minimum atomic E-state index is -0.353. The Kier molecular flexibility index (Phi) is 5.63. The molecule has 0 bridgehead atoms. The lowest BCUT2D eigenvalue weighted by Crippen LogP contribution is -2.21. The van der Waals surface area contributed by atoms with E-state index in [9.17, 15) is 4.79 Å². The van der Waals surface area contributed by atoms with Crippen molar-refractivity contribution >= 4 is 34.8 Å². The highest BCUT2D eigenvalue weighted by Gasteiger charge is 2.11. The lowest BCUT2D eigenvalue weighted by molar-refractivity contribution is 0.0954. The van der Waals surface area contributed by atoms with Crippen LogP contribution in [-0.2, 0) is 0 Å². The van der Waals surface area contributed by atoms with Crippen molar-refractivity contribution in [2.75, 3.05) is 0 Å². The Morgan fingerprint density at radius 3 is 2.61 bits per heavy atom. The van der Waals surface area contributed by atoms with Gasteiger partial charge < -0.3 is 0 Å². The monoisotopic (exact) mass is 286 g/mol. The summed E-state index contributed by atoms with van der Waals surface area (Å²) in [4.78, 5) is 11.9. The summed E-state index contributed by atoms with van der Waals surface area (Å²) in [5, 5.41) is 4.93. The normalized spacial score (nSPS) is 11.8. The zero-order valence-electron chi connectivity index (χ0n) is 10.6. The zero-order chi connectivity index (χ0) is 13.7. The summed E-state index contributed by atoms with van der Waals surface area (Å²) in [5.41, 5.74) is 3.76. The third-order valence-electron chi connectivity index (χ3n) is 2.50. The van der Waals surface area contributed by atoms with Crippen molar-refractivity contribution < 1.29 is 4.79 Å². The first-order chi connectivity index (χ1) is 8.45. The predicted octanol–water partition coefficient (Wildman–Crippen LogP) is 4.15. The maximum absolute atomic E-state index is 11.9. The van der Waals surface area contributed by atoms with Gasteiger partial charge in [0.2, 0.25) is 0 Å². The van der Waals surface area contributed by atoms with E-state index in [4.69, 9.17) is 23.2 Å². The van der Waals surface area contributed by atoms with Gasteiger partial charge in [-0.1, -0.05) is 44.0 Å². The van der Waals surface area contributed by atoms with Crippen LogP contribution in [0.4, 0.5) is 0 Å². The van der Waals surface area contributed by atoms with E-state index in [1.807, 2.05) is 20.8 Å². The van der Waals surface area contributed by atoms with Gasteiger partial charge in [0.15, 0.2) is 0 Å². The fourth-order valence-electron chi connectivity index (χ4n) is 1.47. The van der Waals surface area contributed by atoms with Crippen molar-refractivity contribution in [1.82, 2.24) is 5.43 Å². The van der Waals surface area contributed by atoms with E-state index in [-0.39, 0.29) is 5.91 Å². The number of carbonyl (C=O) groups excluding carboxylic acids is 1. The Hall–Kier alpha value is -1.06. The summed E-state index contributed by atoms with van der Waals surface area (Å²) >= 11 is 11.8. The molecule has 0 saturated carbocycles. The fourth-order valence-corrected chi connectivity index (χ4v) is 1.85. The molecule has 0 fully saturated rings. The molecule has 1 amide bonds. The van der Waals surface area contributed by atoms with Gasteiger partial charge in [-0.15, -0.1) is 0 Å². The summed E-state index contributed by atoms with van der Waals surface area (Å²) in [5.74, 6) is -0.0563. The van der Waals surface area contributed by atoms with Crippen LogP contribution < -0.4 is 5.43 Å². The summed E-state index contributed by atoms with van der Waals surface area (Å²) < 4.78 is 0. The molecule has 1 rings (SSSR count). The van der Waals surface area contributed by atoms with Gasteiger partial charge in [0, 0.05) is 10.7 Å². The molecule has 1 aromatic rings. The van der Waals surface area contributed by atoms with Crippen molar-refractivity contribution in [3.63, 3.8) is 0 Å². The number of rotatable bonds is 4. The van der Waals surface area contributed by atoms with E-state index >= 15 is 0 Å². The van der Waals surface area contributed by atoms with Crippen LogP contribution in [0.15, 0.2) is 23.3 Å². The molecule has 1 N–H and O–H groups in total. The average Bonchev–Trinajstić information content (AvgIpc) is 2.32. The van der Waals surface area contributed by atoms with E-state index < -0.39 is 0 Å². The summed E-state index contributed by atoms with van der Waals surface area (Å²) in [7, 11) is 0. The average molecular weight is 287 g/mol. The Morgan fingerprint density at radius 1 is 1.39 bits per heavy atom. The SMILES string of the molecule is CC/C(=N/NC(=O)c1cc(Cl)ccc1Cl)C(C)C. The largest absolute Gasteiger partial charge is 0.272 e. The highest BCUT2D eigenvalue weighted by molar-refractivity contribution is 6.35. The van der Waals surface area contributed by atoms with Crippen LogP contribution in [0.3, 0.4) is 0 Å². The van der Waals surface area contributed by atoms with Crippen molar-refractivity contribution in [2.24, 2.45) is 11.0 Å². The first-order valence-corrected chi connectivity index (χ1v) is 6.53. The number of nitrogens with zero attached hydrogens (tertiary/aromatic N) is 1. The second-order valence-corrected chi connectivity index (χ2v) is 5.02. The number of carbonyl (C=O) groups is 1. The van der Waals surface area contributed by atoms with Gasteiger partial charge in [-0.25, -0.2) is 5.43 Å². The van der Waals surface area contributed by atoms with Crippen molar-refractivity contribution in [3.8, 4) is 0 Å². The van der Waals surface area contributed by atoms with Gasteiger partial charge in [-0.05, 0) is 30.5 Å². The Morgan fingerprint density at radius 2 is 2.06 bits per heavy atom. The predicted molar refractivity (Wildman–Crippen MR) is 76.5 cm³/mol. The highest BCUT2D eigenvalue weighted by atomic mass is 35.5. The van der Waals surface area contributed by atoms with E-state index in [0.717, 1.165) is 12.1 Å². The number of hydrogen-bond acceptors (Lipinski definition) is 2. The first kappa shape index (κ1) is 15.0. The van der Waals surface area contributed by atoms with Gasteiger partial charge in [0.25, 0.3) is 5.91 Å². The summed E-state index contributed by atoms with van der Waals surface area (Å²) in [6.07, 6.45) is 0.793. The van der Waals surface area contributed by atoms with Gasteiger partial charge >= 0.3 is 0 Å². The van der Waals surface area contributed by atoms with Gasteiger partial charge in [0.1, 0.15) is 0 Å². The van der Waals surface area contributed by atoms with Crippen LogP contribution in [-0.4, -0.2) is 11.6 Å². The molecule has 0 radical (unpaired) electrons. The van der Waals surface area contributed by atoms with Crippen LogP contribution in [0.2, 0.25) is 10.0 Å². The molecule has 0 heterocycles. The molecule has 0 saturated heterocycles. The number of halogens is 2. The zero-order valence-corrected chi connectivity index (χ0v) is 12.1. The van der Waals surface area contributed by atoms with Crippen LogP contribution >= 0.6 is 23.2 Å². The number of benzene rings is 1. The highest BCUT2D eigenvalue weighted by Crippen LogP contribution is 2.20. The van der Waals surface area contributed by atoms with Gasteiger partial charge in [-0.2, -0.15) is 5.10 Å². The molecule has 3 nitrogen and oxygen atoms in total. The standard InChI is InChI=1S/C13H16Cl2N2O/c1-4-12(8(2)3)16-17-13(18)10-7-9(14)5-6-11(10)15/h5-8H,4H2,1-3H3,(H,17,18)/b16-12-. The number of hydrazone groups is 1. The van der Waals surface area contributed by atoms with E-state index in [1.165, 1.54) is 6.07 Å². The molecule has 5 heteroatoms. The Labute approximate surface area is 117 Å². The topological polar surface area (TPSA) is 41.5 Å². The quantitative estimate of drug-likeness (QED) is 0.656. The summed E-state index contributed by atoms with van der Waals surface area (Å²) in [6, 6.07) is 4.75. The maximum Gasteiger partial charge on any atom is 0.272 e. The lowest BCUT2D eigenvalue weighted by atomic mass is 10.1. The molecule has 18 heavy (non-hydrogen) atoms. The molecule has 0 aromatic heterocycles. The van der Waals surface area contributed by atoms with E-state index in [0.29, 0.717) is 21.5 Å². The van der Waals surface area contributed by atoms with Crippen LogP contribution in [0.25, 0.3) is 0 Å². The Balaban J connectivity index is 2.86. The third-order valence-corrected chi connectivity index (χ3v) is 3.07. The molecule has 0 unspecified atom stereocenters. The Bertz CT molecular complexity index is 470. The van der Waals surface area contributed by atoms with E-state index in [1.54, 1.807) is 12.1 Å². The second kappa shape index (κ2) is 6.76. The fraction of sp³-hybridized carbons (Fsp3) is 0.385. The van der Waals surface area contributed by atoms with E-state index in [2.05, 4.69) is 10.5 Å². The molecule has 1 aromatic carbocycles. The molecular formula is C13H16Cl2N2O. The van der Waals surface area contributed by atoms with Crippen LogP contribution in [0.5, 0.6) is 0 Å². The lowest BCUT2D eigenvalue weighted by Gasteiger charge is -2.08. The minimum Gasteiger partial charge on any atom is -0.267 e. The molecular weight excluding hydrogens is 271 g/mol. The van der Waals surface area contributed by atoms with Crippen molar-refractivity contribution in [1.29, 1.82) is 0 Å². The van der Waals surface area contributed by atoms with Crippen LogP contribution in [0, 0.1) is 5.92 Å². The molecule has 98 valence electrons. The number of nitrogens with one attached hydrogen (secondary N) is 1. The van der Waals surface area contributed by atoms with Crippen molar-refractivity contribution in [3.05, 3.63) is 33.8 Å². The molecule has 0 aliphatic carbocycles. The summed E-state index contributed by atoms with van der Waals surface area (Å²) in [6.45, 7) is 6.05. The first-order valence-electron chi connectivity index (χ1n) is 5.77. The minimum absolute atomic E-state index is 0.296. The number of hydrogen-bond donors (Lipinski definition) is 1. The molecule has 0 aliphatic rings. The molecule has 0 atom stereocenters. The third kappa shape index (κ3) is 4.00. The van der Waals surface area contributed by atoms with Crippen molar-refractivity contribution in [2.45, 2.75) is 27.2 Å². The number of amides is 1. The maximum atomic E-state index is 11.9. The molecule has 0 aliphatic heterocycles. The van der Waals surface area contributed by atoms with Gasteiger partial charge in [-0.3, -0.25) is 4.79 Å². The smallest absolute Gasteiger partial charge is 0.267 e.